The van der Waals surface area contributed by atoms with Crippen LogP contribution in [0.25, 0.3) is 10.1 Å². The van der Waals surface area contributed by atoms with Crippen LogP contribution in [0.15, 0.2) is 58.8 Å². The summed E-state index contributed by atoms with van der Waals surface area (Å²) in [5.41, 5.74) is 0.706. The maximum atomic E-state index is 13.4. The van der Waals surface area contributed by atoms with E-state index < -0.39 is 10.1 Å². The Hall–Kier alpha value is -2.42. The van der Waals surface area contributed by atoms with E-state index >= 15 is 0 Å². The maximum Gasteiger partial charge on any atom is 0.339 e. The lowest BCUT2D eigenvalue weighted by Gasteiger charge is -2.62. The third-order valence-electron chi connectivity index (χ3n) is 7.90. The molecule has 180 valence electrons. The predicted molar refractivity (Wildman–Crippen MR) is 133 cm³/mol. The molecule has 1 unspecified atom stereocenters. The summed E-state index contributed by atoms with van der Waals surface area (Å²) in [6.07, 6.45) is 2.82. The Morgan fingerprint density at radius 2 is 1.94 bits per heavy atom. The van der Waals surface area contributed by atoms with Gasteiger partial charge < -0.3 is 14.6 Å². The van der Waals surface area contributed by atoms with Gasteiger partial charge in [-0.05, 0) is 72.8 Å². The number of hydrogen-bond donors (Lipinski definition) is 2. The van der Waals surface area contributed by atoms with Gasteiger partial charge in [0, 0.05) is 28.1 Å². The van der Waals surface area contributed by atoms with E-state index in [1.165, 1.54) is 23.5 Å². The van der Waals surface area contributed by atoms with Crippen molar-refractivity contribution < 1.29 is 22.5 Å². The van der Waals surface area contributed by atoms with Crippen LogP contribution in [0.5, 0.6) is 5.75 Å². The van der Waals surface area contributed by atoms with E-state index in [0.717, 1.165) is 17.5 Å². The zero-order valence-electron chi connectivity index (χ0n) is 19.2. The van der Waals surface area contributed by atoms with E-state index in [2.05, 4.69) is 19.2 Å². The van der Waals surface area contributed by atoms with Gasteiger partial charge in [0.1, 0.15) is 10.6 Å². The highest BCUT2D eigenvalue weighted by Crippen LogP contribution is 2.61. The first-order valence-electron chi connectivity index (χ1n) is 11.6. The van der Waals surface area contributed by atoms with Crippen molar-refractivity contribution >= 4 is 37.4 Å². The molecule has 2 aromatic carbocycles. The van der Waals surface area contributed by atoms with Crippen LogP contribution in [-0.4, -0.2) is 32.1 Å². The number of aliphatic hydroxyl groups excluding tert-OH is 1. The molecule has 1 amide bonds. The SMILES string of the molecule is CC1(C)[C@H]2C[C@H](CCO)C(NC(=O)c3csc4ccc(OS(=O)(=O)c5ccccc5)cc34)[C@@H]1C2. The van der Waals surface area contributed by atoms with Crippen molar-refractivity contribution in [1.82, 2.24) is 5.32 Å². The monoisotopic (exact) mass is 499 g/mol. The first-order valence-corrected chi connectivity index (χ1v) is 13.9. The summed E-state index contributed by atoms with van der Waals surface area (Å²) >= 11 is 1.44. The molecule has 3 aliphatic rings. The van der Waals surface area contributed by atoms with Crippen molar-refractivity contribution in [3.8, 4) is 5.75 Å². The topological polar surface area (TPSA) is 92.7 Å². The zero-order valence-corrected chi connectivity index (χ0v) is 20.9. The van der Waals surface area contributed by atoms with Crippen molar-refractivity contribution in [3.63, 3.8) is 0 Å². The summed E-state index contributed by atoms with van der Waals surface area (Å²) in [5.74, 6) is 1.32. The van der Waals surface area contributed by atoms with Crippen LogP contribution in [0.2, 0.25) is 0 Å². The number of thiophene rings is 1. The van der Waals surface area contributed by atoms with Gasteiger partial charge in [-0.1, -0.05) is 32.0 Å². The number of rotatable bonds is 7. The molecule has 34 heavy (non-hydrogen) atoms. The number of carbonyl (C=O) groups excluding carboxylic acids is 1. The van der Waals surface area contributed by atoms with Gasteiger partial charge in [-0.15, -0.1) is 11.3 Å². The maximum absolute atomic E-state index is 13.4. The van der Waals surface area contributed by atoms with E-state index in [1.807, 2.05) is 5.38 Å². The standard InChI is InChI=1S/C26H29NO5S2/c1-26(2)17-12-16(10-11-28)24(22(26)13-17)27-25(29)21-15-33-23-9-8-18(14-20(21)23)32-34(30,31)19-6-4-3-5-7-19/h3-9,14-17,22,24,28H,10-13H2,1-2H3,(H,27,29)/t16-,17-,22-,24?/m0/s1. The van der Waals surface area contributed by atoms with Gasteiger partial charge in [-0.25, -0.2) is 0 Å². The molecule has 6 rings (SSSR count). The van der Waals surface area contributed by atoms with E-state index in [0.29, 0.717) is 29.2 Å². The fourth-order valence-corrected chi connectivity index (χ4v) is 7.68. The molecule has 3 aliphatic carbocycles. The second-order valence-electron chi connectivity index (χ2n) is 10.0. The molecule has 0 spiro atoms. The van der Waals surface area contributed by atoms with Crippen LogP contribution in [0.3, 0.4) is 0 Å². The molecule has 0 aliphatic heterocycles. The molecule has 2 bridgehead atoms. The summed E-state index contributed by atoms with van der Waals surface area (Å²) in [4.78, 5) is 13.5. The smallest absolute Gasteiger partial charge is 0.339 e. The highest BCUT2D eigenvalue weighted by atomic mass is 32.2. The molecule has 1 heterocycles. The summed E-state index contributed by atoms with van der Waals surface area (Å²) in [6, 6.07) is 13.0. The minimum absolute atomic E-state index is 0.0208. The summed E-state index contributed by atoms with van der Waals surface area (Å²) in [7, 11) is -3.97. The zero-order chi connectivity index (χ0) is 24.1. The number of amides is 1. The Labute approximate surface area is 204 Å². The van der Waals surface area contributed by atoms with Crippen molar-refractivity contribution in [3.05, 3.63) is 59.5 Å². The molecule has 0 saturated heterocycles. The molecular formula is C26H29NO5S2. The van der Waals surface area contributed by atoms with E-state index in [1.54, 1.807) is 36.4 Å². The van der Waals surface area contributed by atoms with Crippen molar-refractivity contribution in [2.24, 2.45) is 23.2 Å². The van der Waals surface area contributed by atoms with Gasteiger partial charge in [-0.2, -0.15) is 8.42 Å². The Morgan fingerprint density at radius 1 is 1.18 bits per heavy atom. The Balaban J connectivity index is 1.40. The number of nitrogens with one attached hydrogen (secondary N) is 1. The second kappa shape index (κ2) is 8.66. The molecule has 1 aromatic heterocycles. The quantitative estimate of drug-likeness (QED) is 0.454. The van der Waals surface area contributed by atoms with Crippen LogP contribution in [0.4, 0.5) is 0 Å². The Kier molecular flexibility index (Phi) is 5.94. The molecule has 3 aromatic rings. The molecule has 8 heteroatoms. The van der Waals surface area contributed by atoms with Crippen LogP contribution < -0.4 is 9.50 Å². The summed E-state index contributed by atoms with van der Waals surface area (Å²) < 4.78 is 31.5. The molecular weight excluding hydrogens is 470 g/mol. The van der Waals surface area contributed by atoms with Gasteiger partial charge in [0.15, 0.2) is 0 Å². The fourth-order valence-electron chi connectivity index (χ4n) is 5.81. The van der Waals surface area contributed by atoms with Crippen LogP contribution in [0.1, 0.15) is 43.5 Å². The van der Waals surface area contributed by atoms with Crippen molar-refractivity contribution in [1.29, 1.82) is 0 Å². The first kappa shape index (κ1) is 23.3. The Morgan fingerprint density at radius 3 is 2.65 bits per heavy atom. The minimum Gasteiger partial charge on any atom is -0.396 e. The molecule has 3 saturated carbocycles. The number of fused-ring (bicyclic) bond motifs is 3. The summed E-state index contributed by atoms with van der Waals surface area (Å²) in [5, 5.41) is 15.3. The normalized spacial score (nSPS) is 25.5. The van der Waals surface area contributed by atoms with Crippen LogP contribution in [-0.2, 0) is 10.1 Å². The van der Waals surface area contributed by atoms with Crippen LogP contribution >= 0.6 is 11.3 Å². The van der Waals surface area contributed by atoms with Gasteiger partial charge in [0.25, 0.3) is 5.91 Å². The molecule has 2 N–H and O–H groups in total. The van der Waals surface area contributed by atoms with Crippen molar-refractivity contribution in [2.75, 3.05) is 6.61 Å². The number of aliphatic hydroxyl groups is 1. The van der Waals surface area contributed by atoms with E-state index in [9.17, 15) is 18.3 Å². The first-order chi connectivity index (χ1) is 16.2. The van der Waals surface area contributed by atoms with Gasteiger partial charge in [-0.3, -0.25) is 4.79 Å². The van der Waals surface area contributed by atoms with Gasteiger partial charge in [0.2, 0.25) is 0 Å². The van der Waals surface area contributed by atoms with Crippen LogP contribution in [0, 0.1) is 23.2 Å². The number of benzene rings is 2. The molecule has 3 fully saturated rings. The number of hydrogen-bond acceptors (Lipinski definition) is 6. The molecule has 6 nitrogen and oxygen atoms in total. The largest absolute Gasteiger partial charge is 0.396 e. The fraction of sp³-hybridized carbons (Fsp3) is 0.423. The lowest BCUT2D eigenvalue weighted by molar-refractivity contribution is -0.114. The third-order valence-corrected chi connectivity index (χ3v) is 10.1. The van der Waals surface area contributed by atoms with Crippen molar-refractivity contribution in [2.45, 2.75) is 44.0 Å². The number of carbonyl (C=O) groups is 1. The highest BCUT2D eigenvalue weighted by molar-refractivity contribution is 7.87. The summed E-state index contributed by atoms with van der Waals surface area (Å²) in [6.45, 7) is 4.67. The lowest BCUT2D eigenvalue weighted by atomic mass is 9.44. The van der Waals surface area contributed by atoms with Gasteiger partial charge in [0.05, 0.1) is 5.56 Å². The van der Waals surface area contributed by atoms with E-state index in [4.69, 9.17) is 4.18 Å². The predicted octanol–water partition coefficient (Wildman–Crippen LogP) is 4.83. The second-order valence-corrected chi connectivity index (χ2v) is 12.5. The molecule has 4 atom stereocenters. The van der Waals surface area contributed by atoms with Gasteiger partial charge >= 0.3 is 10.1 Å². The third kappa shape index (κ3) is 4.01. The van der Waals surface area contributed by atoms with E-state index in [-0.39, 0.29) is 40.5 Å². The average molecular weight is 500 g/mol. The minimum atomic E-state index is -3.97. The molecule has 0 radical (unpaired) electrons. The average Bonchev–Trinajstić information content (AvgIpc) is 3.23. The Bertz CT molecular complexity index is 1320. The highest BCUT2D eigenvalue weighted by Gasteiger charge is 2.57. The lowest BCUT2D eigenvalue weighted by Crippen LogP contribution is -2.63.